The number of amides is 1. The highest BCUT2D eigenvalue weighted by Crippen LogP contribution is 2.43. The molecule has 25 heavy (non-hydrogen) atoms. The smallest absolute Gasteiger partial charge is 0.284 e. The fraction of sp³-hybridized carbons (Fsp3) is 0.188. The van der Waals surface area contributed by atoms with Crippen molar-refractivity contribution in [2.75, 3.05) is 0 Å². The molecule has 1 amide bonds. The summed E-state index contributed by atoms with van der Waals surface area (Å²) in [6.07, 6.45) is 4.64. The Morgan fingerprint density at radius 1 is 1.32 bits per heavy atom. The van der Waals surface area contributed by atoms with Crippen LogP contribution < -0.4 is 5.73 Å². The van der Waals surface area contributed by atoms with Gasteiger partial charge in [-0.1, -0.05) is 11.8 Å². The van der Waals surface area contributed by atoms with Crippen LogP contribution in [0.5, 0.6) is 0 Å². The van der Waals surface area contributed by atoms with Crippen molar-refractivity contribution in [2.24, 2.45) is 5.73 Å². The van der Waals surface area contributed by atoms with Crippen LogP contribution in [0.25, 0.3) is 10.2 Å². The third-order valence-corrected chi connectivity index (χ3v) is 6.38. The maximum absolute atomic E-state index is 11.4. The van der Waals surface area contributed by atoms with Crippen LogP contribution in [0.3, 0.4) is 0 Å². The van der Waals surface area contributed by atoms with Gasteiger partial charge in [-0.3, -0.25) is 14.9 Å². The standard InChI is InChI=1S/C16H12N4O3S2/c17-14(21)8-4-5-12(10(6-8)20(22)23)25-16-13-9-2-1-3-11(9)24-15(13)18-7-19-16/h4-7H,1-3H2,(H2,17,21). The summed E-state index contributed by atoms with van der Waals surface area (Å²) in [4.78, 5) is 33.5. The number of fused-ring (bicyclic) bond motifs is 3. The summed E-state index contributed by atoms with van der Waals surface area (Å²) < 4.78 is 0. The van der Waals surface area contributed by atoms with Gasteiger partial charge in [0.25, 0.3) is 5.69 Å². The Bertz CT molecular complexity index is 1030. The zero-order valence-electron chi connectivity index (χ0n) is 12.9. The number of hydrogen-bond donors (Lipinski definition) is 1. The monoisotopic (exact) mass is 372 g/mol. The second-order valence-corrected chi connectivity index (χ2v) is 7.74. The third-order valence-electron chi connectivity index (χ3n) is 4.11. The summed E-state index contributed by atoms with van der Waals surface area (Å²) in [7, 11) is 0. The molecule has 7 nitrogen and oxygen atoms in total. The molecule has 2 heterocycles. The molecule has 0 saturated carbocycles. The summed E-state index contributed by atoms with van der Waals surface area (Å²) in [6, 6.07) is 4.25. The first-order valence-electron chi connectivity index (χ1n) is 7.56. The van der Waals surface area contributed by atoms with Crippen molar-refractivity contribution in [1.82, 2.24) is 9.97 Å². The molecule has 0 aliphatic heterocycles. The van der Waals surface area contributed by atoms with Gasteiger partial charge in [-0.15, -0.1) is 11.3 Å². The first-order valence-corrected chi connectivity index (χ1v) is 9.19. The number of aromatic nitrogens is 2. The summed E-state index contributed by atoms with van der Waals surface area (Å²) in [5.41, 5.74) is 6.44. The summed E-state index contributed by atoms with van der Waals surface area (Å²) >= 11 is 2.89. The van der Waals surface area contributed by atoms with Gasteiger partial charge in [0.2, 0.25) is 5.91 Å². The minimum atomic E-state index is -0.695. The largest absolute Gasteiger partial charge is 0.366 e. The highest BCUT2D eigenvalue weighted by molar-refractivity contribution is 7.99. The second kappa shape index (κ2) is 6.08. The van der Waals surface area contributed by atoms with E-state index in [1.165, 1.54) is 40.7 Å². The van der Waals surface area contributed by atoms with E-state index in [1.807, 2.05) is 0 Å². The van der Waals surface area contributed by atoms with Crippen LogP contribution in [0.15, 0.2) is 34.4 Å². The van der Waals surface area contributed by atoms with Gasteiger partial charge in [0, 0.05) is 21.9 Å². The molecule has 0 bridgehead atoms. The van der Waals surface area contributed by atoms with Crippen LogP contribution in [-0.4, -0.2) is 20.8 Å². The van der Waals surface area contributed by atoms with E-state index < -0.39 is 10.8 Å². The van der Waals surface area contributed by atoms with Gasteiger partial charge in [0.1, 0.15) is 16.2 Å². The predicted octanol–water partition coefficient (Wildman–Crippen LogP) is 3.34. The van der Waals surface area contributed by atoms with Crippen LogP contribution in [0.2, 0.25) is 0 Å². The van der Waals surface area contributed by atoms with Gasteiger partial charge in [-0.2, -0.15) is 0 Å². The number of nitrogens with two attached hydrogens (primary N) is 1. The number of thiophene rings is 1. The molecule has 2 N–H and O–H groups in total. The van der Waals surface area contributed by atoms with Crippen LogP contribution in [-0.2, 0) is 12.8 Å². The van der Waals surface area contributed by atoms with Crippen molar-refractivity contribution < 1.29 is 9.72 Å². The Labute approximate surface area is 150 Å². The number of rotatable bonds is 4. The quantitative estimate of drug-likeness (QED) is 0.427. The lowest BCUT2D eigenvalue weighted by molar-refractivity contribution is -0.387. The number of carbonyl (C=O) groups is 1. The number of aryl methyl sites for hydroxylation is 2. The van der Waals surface area contributed by atoms with Crippen molar-refractivity contribution in [2.45, 2.75) is 29.2 Å². The summed E-state index contributed by atoms with van der Waals surface area (Å²) in [5.74, 6) is -0.695. The molecule has 9 heteroatoms. The van der Waals surface area contributed by atoms with Crippen molar-refractivity contribution in [3.8, 4) is 0 Å². The number of nitro groups is 1. The molecular weight excluding hydrogens is 360 g/mol. The molecular formula is C16H12N4O3S2. The van der Waals surface area contributed by atoms with Gasteiger partial charge in [0.15, 0.2) is 0 Å². The molecule has 0 unspecified atom stereocenters. The van der Waals surface area contributed by atoms with Crippen molar-refractivity contribution in [3.05, 3.63) is 50.6 Å². The maximum atomic E-state index is 11.4. The van der Waals surface area contributed by atoms with E-state index in [2.05, 4.69) is 9.97 Å². The highest BCUT2D eigenvalue weighted by atomic mass is 32.2. The Morgan fingerprint density at radius 2 is 2.16 bits per heavy atom. The lowest BCUT2D eigenvalue weighted by Crippen LogP contribution is -2.11. The minimum absolute atomic E-state index is 0.111. The molecule has 0 spiro atoms. The van der Waals surface area contributed by atoms with Gasteiger partial charge >= 0.3 is 0 Å². The zero-order chi connectivity index (χ0) is 17.6. The summed E-state index contributed by atoms with van der Waals surface area (Å²) in [5, 5.41) is 13.1. The molecule has 3 aromatic rings. The van der Waals surface area contributed by atoms with Crippen molar-refractivity contribution in [1.29, 1.82) is 0 Å². The first-order chi connectivity index (χ1) is 12.0. The van der Waals surface area contributed by atoms with Gasteiger partial charge in [0.05, 0.1) is 9.82 Å². The number of carbonyl (C=O) groups excluding carboxylic acids is 1. The van der Waals surface area contributed by atoms with Crippen molar-refractivity contribution in [3.63, 3.8) is 0 Å². The number of hydrogen-bond acceptors (Lipinski definition) is 7. The maximum Gasteiger partial charge on any atom is 0.284 e. The van der Waals surface area contributed by atoms with Crippen LogP contribution in [0.1, 0.15) is 27.2 Å². The predicted molar refractivity (Wildman–Crippen MR) is 95.2 cm³/mol. The molecule has 1 aromatic carbocycles. The SMILES string of the molecule is NC(=O)c1ccc(Sc2ncnc3sc4c(c23)CCC4)c([N+](=O)[O-])c1. The molecule has 1 aliphatic carbocycles. The normalized spacial score (nSPS) is 13.1. The van der Waals surface area contributed by atoms with Crippen LogP contribution in [0.4, 0.5) is 5.69 Å². The Balaban J connectivity index is 1.82. The highest BCUT2D eigenvalue weighted by Gasteiger charge is 2.24. The molecule has 126 valence electrons. The zero-order valence-corrected chi connectivity index (χ0v) is 14.5. The van der Waals surface area contributed by atoms with E-state index in [4.69, 9.17) is 5.73 Å². The van der Waals surface area contributed by atoms with E-state index >= 15 is 0 Å². The number of nitro benzene ring substituents is 1. The van der Waals surface area contributed by atoms with Gasteiger partial charge in [-0.05, 0) is 37.0 Å². The van der Waals surface area contributed by atoms with Gasteiger partial charge in [-0.25, -0.2) is 9.97 Å². The van der Waals surface area contributed by atoms with E-state index in [1.54, 1.807) is 17.4 Å². The molecule has 2 aromatic heterocycles. The number of nitrogens with zero attached hydrogens (tertiary/aromatic N) is 3. The average molecular weight is 372 g/mol. The van der Waals surface area contributed by atoms with E-state index in [9.17, 15) is 14.9 Å². The molecule has 0 atom stereocenters. The Morgan fingerprint density at radius 3 is 2.92 bits per heavy atom. The molecule has 1 aliphatic rings. The minimum Gasteiger partial charge on any atom is -0.366 e. The number of primary amides is 1. The lowest BCUT2D eigenvalue weighted by atomic mass is 10.2. The number of benzene rings is 1. The van der Waals surface area contributed by atoms with E-state index in [0.29, 0.717) is 9.92 Å². The Hall–Kier alpha value is -2.52. The topological polar surface area (TPSA) is 112 Å². The Kier molecular flexibility index (Phi) is 3.89. The molecule has 0 fully saturated rings. The van der Waals surface area contributed by atoms with Crippen molar-refractivity contribution >= 4 is 44.9 Å². The van der Waals surface area contributed by atoms with E-state index in [-0.39, 0.29) is 11.3 Å². The van der Waals surface area contributed by atoms with Crippen LogP contribution >= 0.6 is 23.1 Å². The molecule has 0 saturated heterocycles. The van der Waals surface area contributed by atoms with E-state index in [0.717, 1.165) is 29.5 Å². The molecule has 4 rings (SSSR count). The van der Waals surface area contributed by atoms with Gasteiger partial charge < -0.3 is 5.73 Å². The fourth-order valence-corrected chi connectivity index (χ4v) is 5.28. The lowest BCUT2D eigenvalue weighted by Gasteiger charge is -2.06. The fourth-order valence-electron chi connectivity index (χ4n) is 2.98. The van der Waals surface area contributed by atoms with Crippen LogP contribution in [0, 0.1) is 10.1 Å². The third kappa shape index (κ3) is 2.75. The first kappa shape index (κ1) is 16.0. The summed E-state index contributed by atoms with van der Waals surface area (Å²) in [6.45, 7) is 0. The average Bonchev–Trinajstić information content (AvgIpc) is 3.15. The second-order valence-electron chi connectivity index (χ2n) is 5.62. The molecule has 0 radical (unpaired) electrons.